The number of hydrogen-bond donors (Lipinski definition) is 0. The van der Waals surface area contributed by atoms with E-state index in [4.69, 9.17) is 0 Å². The quantitative estimate of drug-likeness (QED) is 0.646. The fourth-order valence-corrected chi connectivity index (χ4v) is 2.06. The molecule has 0 aliphatic carbocycles. The van der Waals surface area contributed by atoms with Gasteiger partial charge in [-0.3, -0.25) is 0 Å². The molecule has 2 rings (SSSR count). The molecule has 0 heteroatoms. The lowest BCUT2D eigenvalue weighted by Gasteiger charge is -2.07. The summed E-state index contributed by atoms with van der Waals surface area (Å²) in [6.07, 6.45) is 0. The largest absolute Gasteiger partial charge is 0.0584 e. The number of benzene rings is 2. The molecule has 0 amide bonds. The van der Waals surface area contributed by atoms with Crippen LogP contribution in [0.2, 0.25) is 0 Å². The van der Waals surface area contributed by atoms with Gasteiger partial charge in [0.15, 0.2) is 0 Å². The van der Waals surface area contributed by atoms with Crippen molar-refractivity contribution in [3.05, 3.63) is 58.7 Å². The molecule has 0 spiro atoms. The maximum atomic E-state index is 2.27. The van der Waals surface area contributed by atoms with Crippen molar-refractivity contribution in [2.24, 2.45) is 0 Å². The number of rotatable bonds is 1. The topological polar surface area (TPSA) is 0 Å². The van der Waals surface area contributed by atoms with Crippen LogP contribution in [0.25, 0.3) is 11.1 Å². The van der Waals surface area contributed by atoms with Crippen molar-refractivity contribution in [2.45, 2.75) is 27.7 Å². The van der Waals surface area contributed by atoms with Gasteiger partial charge in [0, 0.05) is 0 Å². The minimum absolute atomic E-state index is 1.31. The Morgan fingerprint density at radius 2 is 1.19 bits per heavy atom. The number of aryl methyl sites for hydroxylation is 4. The molecule has 82 valence electrons. The van der Waals surface area contributed by atoms with Gasteiger partial charge in [-0.25, -0.2) is 0 Å². The van der Waals surface area contributed by atoms with E-state index in [9.17, 15) is 0 Å². The first kappa shape index (κ1) is 10.9. The third-order valence-electron chi connectivity index (χ3n) is 3.06. The minimum atomic E-state index is 1.31. The van der Waals surface area contributed by atoms with Crippen molar-refractivity contribution in [2.75, 3.05) is 0 Å². The molecule has 0 unspecified atom stereocenters. The molecule has 0 bridgehead atoms. The van der Waals surface area contributed by atoms with Crippen molar-refractivity contribution in [3.8, 4) is 11.1 Å². The Balaban J connectivity index is 2.54. The Bertz CT molecular complexity index is 501. The zero-order chi connectivity index (χ0) is 11.7. The maximum absolute atomic E-state index is 2.27. The van der Waals surface area contributed by atoms with Gasteiger partial charge in [-0.1, -0.05) is 47.5 Å². The van der Waals surface area contributed by atoms with Crippen molar-refractivity contribution in [3.63, 3.8) is 0 Å². The van der Waals surface area contributed by atoms with Crippen LogP contribution in [0.4, 0.5) is 0 Å². The van der Waals surface area contributed by atoms with E-state index in [0.717, 1.165) is 0 Å². The van der Waals surface area contributed by atoms with Gasteiger partial charge in [-0.15, -0.1) is 0 Å². The van der Waals surface area contributed by atoms with Gasteiger partial charge in [0.25, 0.3) is 0 Å². The molecule has 0 radical (unpaired) electrons. The average molecular weight is 210 g/mol. The van der Waals surface area contributed by atoms with E-state index < -0.39 is 0 Å². The predicted molar refractivity (Wildman–Crippen MR) is 70.8 cm³/mol. The fraction of sp³-hybridized carbons (Fsp3) is 0.250. The highest BCUT2D eigenvalue weighted by Crippen LogP contribution is 2.24. The first-order valence-corrected chi connectivity index (χ1v) is 5.72. The zero-order valence-corrected chi connectivity index (χ0v) is 10.5. The number of hydrogen-bond acceptors (Lipinski definition) is 0. The van der Waals surface area contributed by atoms with E-state index in [-0.39, 0.29) is 0 Å². The highest BCUT2D eigenvalue weighted by atomic mass is 14.1. The van der Waals surface area contributed by atoms with Crippen molar-refractivity contribution >= 4 is 0 Å². The Kier molecular flexibility index (Phi) is 2.82. The smallest absolute Gasteiger partial charge is 0.0179 e. The van der Waals surface area contributed by atoms with Crippen LogP contribution in [-0.2, 0) is 0 Å². The van der Waals surface area contributed by atoms with Crippen LogP contribution in [-0.4, -0.2) is 0 Å². The summed E-state index contributed by atoms with van der Waals surface area (Å²) < 4.78 is 0. The van der Waals surface area contributed by atoms with Crippen molar-refractivity contribution in [1.29, 1.82) is 0 Å². The van der Waals surface area contributed by atoms with Gasteiger partial charge in [0.2, 0.25) is 0 Å². The summed E-state index contributed by atoms with van der Waals surface area (Å²) in [7, 11) is 0. The summed E-state index contributed by atoms with van der Waals surface area (Å²) in [6.45, 7) is 8.62. The SMILES string of the molecule is Cc1cc(C)cc(-c2ccc(C)c(C)c2)c1. The molecule has 16 heavy (non-hydrogen) atoms. The Morgan fingerprint density at radius 1 is 0.562 bits per heavy atom. The molecule has 0 atom stereocenters. The second kappa shape index (κ2) is 4.13. The monoisotopic (exact) mass is 210 g/mol. The van der Waals surface area contributed by atoms with E-state index in [1.807, 2.05) is 0 Å². The lowest BCUT2D eigenvalue weighted by molar-refractivity contribution is 1.33. The van der Waals surface area contributed by atoms with Gasteiger partial charge in [0.05, 0.1) is 0 Å². The van der Waals surface area contributed by atoms with Gasteiger partial charge >= 0.3 is 0 Å². The van der Waals surface area contributed by atoms with Crippen LogP contribution in [0, 0.1) is 27.7 Å². The van der Waals surface area contributed by atoms with Crippen LogP contribution >= 0.6 is 0 Å². The van der Waals surface area contributed by atoms with Crippen LogP contribution in [0.3, 0.4) is 0 Å². The summed E-state index contributed by atoms with van der Waals surface area (Å²) >= 11 is 0. The molecule has 0 aliphatic heterocycles. The molecule has 0 nitrogen and oxygen atoms in total. The van der Waals surface area contributed by atoms with Crippen LogP contribution in [0.1, 0.15) is 22.3 Å². The summed E-state index contributed by atoms with van der Waals surface area (Å²) in [4.78, 5) is 0. The molecule has 0 aliphatic rings. The standard InChI is InChI=1S/C16H18/c1-11-7-12(2)9-16(8-11)15-6-5-13(3)14(4)10-15/h5-10H,1-4H3. The van der Waals surface area contributed by atoms with E-state index in [0.29, 0.717) is 0 Å². The second-order valence-electron chi connectivity index (χ2n) is 4.68. The third-order valence-corrected chi connectivity index (χ3v) is 3.06. The van der Waals surface area contributed by atoms with E-state index in [2.05, 4.69) is 64.1 Å². The normalized spacial score (nSPS) is 10.5. The highest BCUT2D eigenvalue weighted by Gasteiger charge is 2.01. The van der Waals surface area contributed by atoms with Crippen LogP contribution in [0.15, 0.2) is 36.4 Å². The minimum Gasteiger partial charge on any atom is -0.0584 e. The molecule has 0 fully saturated rings. The molecule has 2 aromatic rings. The second-order valence-corrected chi connectivity index (χ2v) is 4.68. The van der Waals surface area contributed by atoms with E-state index >= 15 is 0 Å². The molecule has 0 aromatic heterocycles. The summed E-state index contributed by atoms with van der Waals surface area (Å²) in [5.74, 6) is 0. The van der Waals surface area contributed by atoms with Crippen LogP contribution in [0.5, 0.6) is 0 Å². The zero-order valence-electron chi connectivity index (χ0n) is 10.5. The lowest BCUT2D eigenvalue weighted by Crippen LogP contribution is -1.85. The molecular weight excluding hydrogens is 192 g/mol. The molecule has 0 saturated heterocycles. The molecule has 0 saturated carbocycles. The van der Waals surface area contributed by atoms with Crippen molar-refractivity contribution in [1.82, 2.24) is 0 Å². The predicted octanol–water partition coefficient (Wildman–Crippen LogP) is 4.59. The first-order valence-electron chi connectivity index (χ1n) is 5.72. The van der Waals surface area contributed by atoms with Gasteiger partial charge < -0.3 is 0 Å². The first-order chi connectivity index (χ1) is 7.56. The molecule has 0 N–H and O–H groups in total. The summed E-state index contributed by atoms with van der Waals surface area (Å²) in [5.41, 5.74) is 8.00. The summed E-state index contributed by atoms with van der Waals surface area (Å²) in [5, 5.41) is 0. The van der Waals surface area contributed by atoms with Gasteiger partial charge in [-0.2, -0.15) is 0 Å². The maximum Gasteiger partial charge on any atom is -0.0179 e. The molecule has 0 heterocycles. The average Bonchev–Trinajstić information content (AvgIpc) is 2.20. The summed E-state index contributed by atoms with van der Waals surface area (Å²) in [6, 6.07) is 13.4. The molecular formula is C16H18. The lowest BCUT2D eigenvalue weighted by atomic mass is 9.98. The van der Waals surface area contributed by atoms with Gasteiger partial charge in [0.1, 0.15) is 0 Å². The Labute approximate surface area is 97.9 Å². The fourth-order valence-electron chi connectivity index (χ4n) is 2.06. The third kappa shape index (κ3) is 2.16. The molecule has 2 aromatic carbocycles. The van der Waals surface area contributed by atoms with E-state index in [1.54, 1.807) is 0 Å². The van der Waals surface area contributed by atoms with Crippen LogP contribution < -0.4 is 0 Å². The van der Waals surface area contributed by atoms with E-state index in [1.165, 1.54) is 33.4 Å². The van der Waals surface area contributed by atoms with Crippen molar-refractivity contribution < 1.29 is 0 Å². The Morgan fingerprint density at radius 3 is 1.75 bits per heavy atom. The van der Waals surface area contributed by atoms with Gasteiger partial charge in [-0.05, 0) is 49.9 Å². The highest BCUT2D eigenvalue weighted by molar-refractivity contribution is 5.66. The Hall–Kier alpha value is -1.56.